The van der Waals surface area contributed by atoms with Crippen LogP contribution < -0.4 is 5.73 Å². The maximum absolute atomic E-state index is 12.2. The predicted octanol–water partition coefficient (Wildman–Crippen LogP) is 0.752. The molecule has 0 saturated carbocycles. The van der Waals surface area contributed by atoms with E-state index < -0.39 is 6.04 Å². The van der Waals surface area contributed by atoms with E-state index >= 15 is 0 Å². The van der Waals surface area contributed by atoms with E-state index in [-0.39, 0.29) is 18.3 Å². The van der Waals surface area contributed by atoms with Crippen molar-refractivity contribution in [2.24, 2.45) is 5.73 Å². The van der Waals surface area contributed by atoms with E-state index in [4.69, 9.17) is 5.73 Å². The van der Waals surface area contributed by atoms with Gasteiger partial charge in [0.1, 0.15) is 0 Å². The van der Waals surface area contributed by atoms with Gasteiger partial charge in [-0.05, 0) is 19.0 Å². The van der Waals surface area contributed by atoms with Crippen LogP contribution in [0.25, 0.3) is 0 Å². The number of carbonyl (C=O) groups excluding carboxylic acids is 1. The molecule has 19 heavy (non-hydrogen) atoms. The lowest BCUT2D eigenvalue weighted by molar-refractivity contribution is -0.134. The van der Waals surface area contributed by atoms with Gasteiger partial charge in [0.2, 0.25) is 5.91 Å². The standard InChI is InChI=1S/C14H21N3O.ClH/c1-16-7-9-17(10-8-16)14(18)13(15)11-12-5-3-2-4-6-12;/h2-6,13H,7-11,15H2,1H3;1H/t13-;/m1./s1. The number of benzene rings is 1. The van der Waals surface area contributed by atoms with Gasteiger partial charge in [0.05, 0.1) is 6.04 Å². The Balaban J connectivity index is 0.00000180. The van der Waals surface area contributed by atoms with Crippen molar-refractivity contribution in [3.8, 4) is 0 Å². The highest BCUT2D eigenvalue weighted by Gasteiger charge is 2.23. The van der Waals surface area contributed by atoms with Gasteiger partial charge in [-0.25, -0.2) is 0 Å². The van der Waals surface area contributed by atoms with Crippen molar-refractivity contribution >= 4 is 18.3 Å². The lowest BCUT2D eigenvalue weighted by Gasteiger charge is -2.33. The molecule has 0 aliphatic carbocycles. The fourth-order valence-electron chi connectivity index (χ4n) is 2.22. The third-order valence-electron chi connectivity index (χ3n) is 3.43. The van der Waals surface area contributed by atoms with Gasteiger partial charge in [-0.3, -0.25) is 4.79 Å². The zero-order chi connectivity index (χ0) is 13.0. The van der Waals surface area contributed by atoms with Crippen LogP contribution in [0.3, 0.4) is 0 Å². The molecule has 2 N–H and O–H groups in total. The Labute approximate surface area is 121 Å². The Morgan fingerprint density at radius 1 is 1.21 bits per heavy atom. The van der Waals surface area contributed by atoms with E-state index in [1.165, 1.54) is 0 Å². The van der Waals surface area contributed by atoms with Crippen molar-refractivity contribution in [1.29, 1.82) is 0 Å². The number of carbonyl (C=O) groups is 1. The SMILES string of the molecule is CN1CCN(C(=O)[C@H](N)Cc2ccccc2)CC1.Cl. The lowest BCUT2D eigenvalue weighted by atomic mass is 10.1. The van der Waals surface area contributed by atoms with E-state index in [9.17, 15) is 4.79 Å². The summed E-state index contributed by atoms with van der Waals surface area (Å²) in [5.41, 5.74) is 7.13. The summed E-state index contributed by atoms with van der Waals surface area (Å²) in [6.45, 7) is 3.45. The molecule has 1 aliphatic heterocycles. The lowest BCUT2D eigenvalue weighted by Crippen LogP contribution is -2.52. The summed E-state index contributed by atoms with van der Waals surface area (Å²) >= 11 is 0. The summed E-state index contributed by atoms with van der Waals surface area (Å²) in [5, 5.41) is 0. The third kappa shape index (κ3) is 4.49. The molecule has 0 spiro atoms. The highest BCUT2D eigenvalue weighted by Crippen LogP contribution is 2.06. The molecular formula is C14H22ClN3O. The van der Waals surface area contributed by atoms with Gasteiger partial charge in [-0.1, -0.05) is 30.3 Å². The quantitative estimate of drug-likeness (QED) is 0.891. The molecule has 1 saturated heterocycles. The summed E-state index contributed by atoms with van der Waals surface area (Å²) in [6.07, 6.45) is 0.617. The molecule has 5 heteroatoms. The van der Waals surface area contributed by atoms with Crippen molar-refractivity contribution in [1.82, 2.24) is 9.80 Å². The summed E-state index contributed by atoms with van der Waals surface area (Å²) < 4.78 is 0. The first-order chi connectivity index (χ1) is 8.66. The highest BCUT2D eigenvalue weighted by molar-refractivity contribution is 5.85. The first-order valence-corrected chi connectivity index (χ1v) is 6.43. The van der Waals surface area contributed by atoms with E-state index in [1.807, 2.05) is 35.2 Å². The number of halogens is 1. The molecule has 1 fully saturated rings. The number of nitrogens with zero attached hydrogens (tertiary/aromatic N) is 2. The van der Waals surface area contributed by atoms with Crippen molar-refractivity contribution < 1.29 is 4.79 Å². The number of nitrogens with two attached hydrogens (primary N) is 1. The maximum Gasteiger partial charge on any atom is 0.239 e. The molecule has 1 heterocycles. The fourth-order valence-corrected chi connectivity index (χ4v) is 2.22. The number of piperazine rings is 1. The van der Waals surface area contributed by atoms with Crippen LogP contribution >= 0.6 is 12.4 Å². The van der Waals surface area contributed by atoms with Crippen LogP contribution in [0.4, 0.5) is 0 Å². The largest absolute Gasteiger partial charge is 0.339 e. The van der Waals surface area contributed by atoms with Gasteiger partial charge >= 0.3 is 0 Å². The average Bonchev–Trinajstić information content (AvgIpc) is 2.40. The van der Waals surface area contributed by atoms with Gasteiger partial charge < -0.3 is 15.5 Å². The van der Waals surface area contributed by atoms with Gasteiger partial charge in [0.15, 0.2) is 0 Å². The first kappa shape index (κ1) is 16.0. The smallest absolute Gasteiger partial charge is 0.239 e. The van der Waals surface area contributed by atoms with Crippen molar-refractivity contribution in [2.45, 2.75) is 12.5 Å². The second-order valence-electron chi connectivity index (χ2n) is 4.92. The molecule has 0 radical (unpaired) electrons. The predicted molar refractivity (Wildman–Crippen MR) is 79.4 cm³/mol. The molecule has 1 amide bonds. The highest BCUT2D eigenvalue weighted by atomic mass is 35.5. The van der Waals surface area contributed by atoms with E-state index in [0.717, 1.165) is 31.7 Å². The third-order valence-corrected chi connectivity index (χ3v) is 3.43. The normalized spacial score (nSPS) is 17.7. The Kier molecular flexibility index (Phi) is 6.28. The van der Waals surface area contributed by atoms with Crippen LogP contribution in [0.2, 0.25) is 0 Å². The van der Waals surface area contributed by atoms with Crippen LogP contribution in [0.1, 0.15) is 5.56 Å². The van der Waals surface area contributed by atoms with Gasteiger partial charge in [0, 0.05) is 26.2 Å². The molecule has 1 aromatic rings. The average molecular weight is 284 g/mol. The van der Waals surface area contributed by atoms with Crippen molar-refractivity contribution in [2.75, 3.05) is 33.2 Å². The number of amides is 1. The van der Waals surface area contributed by atoms with Crippen LogP contribution in [0.15, 0.2) is 30.3 Å². The Hall–Kier alpha value is -1.10. The van der Waals surface area contributed by atoms with Gasteiger partial charge in [-0.2, -0.15) is 0 Å². The van der Waals surface area contributed by atoms with Crippen LogP contribution in [0, 0.1) is 0 Å². The first-order valence-electron chi connectivity index (χ1n) is 6.43. The minimum atomic E-state index is -0.421. The number of hydrogen-bond acceptors (Lipinski definition) is 3. The molecule has 0 unspecified atom stereocenters. The van der Waals surface area contributed by atoms with Gasteiger partial charge in [0.25, 0.3) is 0 Å². The van der Waals surface area contributed by atoms with Crippen molar-refractivity contribution in [3.63, 3.8) is 0 Å². The molecule has 1 aliphatic rings. The molecule has 0 aromatic heterocycles. The zero-order valence-corrected chi connectivity index (χ0v) is 12.1. The van der Waals surface area contributed by atoms with Crippen molar-refractivity contribution in [3.05, 3.63) is 35.9 Å². The number of hydrogen-bond donors (Lipinski definition) is 1. The van der Waals surface area contributed by atoms with E-state index in [0.29, 0.717) is 6.42 Å². The molecule has 1 atom stereocenters. The van der Waals surface area contributed by atoms with Crippen LogP contribution in [-0.2, 0) is 11.2 Å². The van der Waals surface area contributed by atoms with E-state index in [2.05, 4.69) is 11.9 Å². The second-order valence-corrected chi connectivity index (χ2v) is 4.92. The molecule has 106 valence electrons. The number of likely N-dealkylation sites (N-methyl/N-ethyl adjacent to an activating group) is 1. The molecule has 4 nitrogen and oxygen atoms in total. The maximum atomic E-state index is 12.2. The molecule has 1 aromatic carbocycles. The molecular weight excluding hydrogens is 262 g/mol. The summed E-state index contributed by atoms with van der Waals surface area (Å²) in [7, 11) is 2.08. The van der Waals surface area contributed by atoms with Crippen LogP contribution in [0.5, 0.6) is 0 Å². The second kappa shape index (κ2) is 7.48. The Morgan fingerprint density at radius 3 is 2.37 bits per heavy atom. The molecule has 0 bridgehead atoms. The minimum absolute atomic E-state index is 0. The van der Waals surface area contributed by atoms with Crippen LogP contribution in [-0.4, -0.2) is 55.0 Å². The zero-order valence-electron chi connectivity index (χ0n) is 11.3. The monoisotopic (exact) mass is 283 g/mol. The minimum Gasteiger partial charge on any atom is -0.339 e. The topological polar surface area (TPSA) is 49.6 Å². The Morgan fingerprint density at radius 2 is 1.79 bits per heavy atom. The number of rotatable bonds is 3. The molecule has 2 rings (SSSR count). The fraction of sp³-hybridized carbons (Fsp3) is 0.500. The van der Waals surface area contributed by atoms with E-state index in [1.54, 1.807) is 0 Å². The summed E-state index contributed by atoms with van der Waals surface area (Å²) in [6, 6.07) is 9.52. The summed E-state index contributed by atoms with van der Waals surface area (Å²) in [5.74, 6) is 0.0759. The van der Waals surface area contributed by atoms with Gasteiger partial charge in [-0.15, -0.1) is 12.4 Å². The summed E-state index contributed by atoms with van der Waals surface area (Å²) in [4.78, 5) is 16.3. The Bertz CT molecular complexity index is 391.